The number of carbonyl (C=O) groups excluding carboxylic acids is 1. The van der Waals surface area contributed by atoms with E-state index in [-0.39, 0.29) is 5.91 Å². The van der Waals surface area contributed by atoms with Gasteiger partial charge < -0.3 is 15.1 Å². The molecule has 4 rings (SSSR count). The van der Waals surface area contributed by atoms with Gasteiger partial charge in [0, 0.05) is 55.0 Å². The minimum Gasteiger partial charge on any atom is -0.355 e. The third-order valence-corrected chi connectivity index (χ3v) is 6.42. The van der Waals surface area contributed by atoms with Crippen LogP contribution >= 0.6 is 11.8 Å². The Kier molecular flexibility index (Phi) is 6.49. The van der Waals surface area contributed by atoms with Crippen LogP contribution in [-0.4, -0.2) is 66.6 Å². The van der Waals surface area contributed by atoms with Crippen molar-refractivity contribution in [1.82, 2.24) is 15.2 Å². The third kappa shape index (κ3) is 4.86. The van der Waals surface area contributed by atoms with Gasteiger partial charge in [-0.25, -0.2) is 4.98 Å². The van der Waals surface area contributed by atoms with Crippen LogP contribution in [0.3, 0.4) is 0 Å². The van der Waals surface area contributed by atoms with E-state index in [1.165, 1.54) is 24.3 Å². The summed E-state index contributed by atoms with van der Waals surface area (Å²) in [5.41, 5.74) is 2.87. The Bertz CT molecular complexity index is 766. The maximum atomic E-state index is 12.3. The molecule has 1 aromatic carbocycles. The van der Waals surface area contributed by atoms with Gasteiger partial charge in [-0.05, 0) is 55.8 Å². The number of hydrogen-bond acceptors (Lipinski definition) is 5. The summed E-state index contributed by atoms with van der Waals surface area (Å²) in [6.07, 6.45) is 4.49. The molecule has 0 radical (unpaired) electrons. The number of benzene rings is 1. The lowest BCUT2D eigenvalue weighted by Crippen LogP contribution is -2.33. The lowest BCUT2D eigenvalue weighted by atomic mass is 10.1. The zero-order chi connectivity index (χ0) is 19.2. The summed E-state index contributed by atoms with van der Waals surface area (Å²) in [5.74, 6) is 3.40. The second-order valence-corrected chi connectivity index (χ2v) is 8.61. The van der Waals surface area contributed by atoms with Gasteiger partial charge in [-0.2, -0.15) is 11.8 Å². The Morgan fingerprint density at radius 1 is 0.964 bits per heavy atom. The number of rotatable bonds is 6. The van der Waals surface area contributed by atoms with Crippen LogP contribution in [-0.2, 0) is 0 Å². The molecule has 6 heteroatoms. The van der Waals surface area contributed by atoms with E-state index in [2.05, 4.69) is 32.2 Å². The molecule has 0 saturated carbocycles. The number of aromatic nitrogens is 1. The molecule has 1 N–H and O–H groups in total. The third-order valence-electron chi connectivity index (χ3n) is 5.48. The van der Waals surface area contributed by atoms with Gasteiger partial charge in [-0.15, -0.1) is 0 Å². The highest BCUT2D eigenvalue weighted by molar-refractivity contribution is 7.99. The number of amides is 1. The predicted octanol–water partition coefficient (Wildman–Crippen LogP) is 3.13. The zero-order valence-corrected chi connectivity index (χ0v) is 17.1. The molecule has 148 valence electrons. The first-order chi connectivity index (χ1) is 13.8. The summed E-state index contributed by atoms with van der Waals surface area (Å²) in [6, 6.07) is 12.0. The normalized spacial score (nSPS) is 17.6. The lowest BCUT2D eigenvalue weighted by Gasteiger charge is -2.27. The summed E-state index contributed by atoms with van der Waals surface area (Å²) in [7, 11) is 0. The minimum absolute atomic E-state index is 0.00203. The first-order valence-corrected chi connectivity index (χ1v) is 11.3. The lowest BCUT2D eigenvalue weighted by molar-refractivity contribution is 0.0950. The molecule has 2 fully saturated rings. The summed E-state index contributed by atoms with van der Waals surface area (Å²) < 4.78 is 0. The van der Waals surface area contributed by atoms with E-state index in [4.69, 9.17) is 0 Å². The molecule has 0 atom stereocenters. The molecule has 1 aromatic heterocycles. The van der Waals surface area contributed by atoms with Crippen molar-refractivity contribution in [3.63, 3.8) is 0 Å². The van der Waals surface area contributed by atoms with Crippen LogP contribution in [0.25, 0.3) is 11.1 Å². The van der Waals surface area contributed by atoms with Crippen molar-refractivity contribution >= 4 is 23.5 Å². The average molecular weight is 397 g/mol. The number of carbonyl (C=O) groups is 1. The molecular formula is C22H28N4OS. The summed E-state index contributed by atoms with van der Waals surface area (Å²) in [6.45, 7) is 6.11. The molecule has 0 spiro atoms. The van der Waals surface area contributed by atoms with Gasteiger partial charge in [0.15, 0.2) is 0 Å². The van der Waals surface area contributed by atoms with Crippen molar-refractivity contribution in [2.75, 3.05) is 55.7 Å². The fraction of sp³-hybridized carbons (Fsp3) is 0.455. The molecule has 2 aromatic rings. The number of nitrogens with one attached hydrogen (secondary N) is 1. The summed E-state index contributed by atoms with van der Waals surface area (Å²) in [5, 5.41) is 3.03. The predicted molar refractivity (Wildman–Crippen MR) is 117 cm³/mol. The average Bonchev–Trinajstić information content (AvgIpc) is 3.28. The highest BCUT2D eigenvalue weighted by Gasteiger charge is 2.13. The maximum absolute atomic E-state index is 12.3. The van der Waals surface area contributed by atoms with Crippen molar-refractivity contribution < 1.29 is 4.79 Å². The highest BCUT2D eigenvalue weighted by Crippen LogP contribution is 2.23. The summed E-state index contributed by atoms with van der Waals surface area (Å²) >= 11 is 2.00. The number of anilines is 1. The van der Waals surface area contributed by atoms with E-state index in [1.54, 1.807) is 0 Å². The van der Waals surface area contributed by atoms with E-state index < -0.39 is 0 Å². The van der Waals surface area contributed by atoms with Crippen LogP contribution in [0.5, 0.6) is 0 Å². The van der Waals surface area contributed by atoms with Gasteiger partial charge in [0.05, 0.1) is 0 Å². The maximum Gasteiger partial charge on any atom is 0.251 e. The van der Waals surface area contributed by atoms with Crippen LogP contribution in [0, 0.1) is 0 Å². The van der Waals surface area contributed by atoms with E-state index in [0.717, 1.165) is 49.7 Å². The Hall–Kier alpha value is -2.05. The Morgan fingerprint density at radius 2 is 1.68 bits per heavy atom. The van der Waals surface area contributed by atoms with Crippen LogP contribution < -0.4 is 10.2 Å². The Labute approximate surface area is 171 Å². The number of hydrogen-bond donors (Lipinski definition) is 1. The van der Waals surface area contributed by atoms with Gasteiger partial charge >= 0.3 is 0 Å². The Morgan fingerprint density at radius 3 is 2.36 bits per heavy atom. The molecule has 1 amide bonds. The monoisotopic (exact) mass is 396 g/mol. The van der Waals surface area contributed by atoms with E-state index in [1.807, 2.05) is 42.2 Å². The fourth-order valence-electron chi connectivity index (χ4n) is 3.79. The largest absolute Gasteiger partial charge is 0.355 e. The van der Waals surface area contributed by atoms with E-state index in [0.29, 0.717) is 12.1 Å². The van der Waals surface area contributed by atoms with Crippen molar-refractivity contribution in [3.8, 4) is 11.1 Å². The topological polar surface area (TPSA) is 48.5 Å². The van der Waals surface area contributed by atoms with Crippen molar-refractivity contribution in [2.24, 2.45) is 0 Å². The van der Waals surface area contributed by atoms with Crippen LogP contribution in [0.1, 0.15) is 23.2 Å². The van der Waals surface area contributed by atoms with E-state index >= 15 is 0 Å². The van der Waals surface area contributed by atoms with Crippen molar-refractivity contribution in [1.29, 1.82) is 0 Å². The Balaban J connectivity index is 1.32. The smallest absolute Gasteiger partial charge is 0.251 e. The molecule has 5 nitrogen and oxygen atoms in total. The van der Waals surface area contributed by atoms with Crippen LogP contribution in [0.15, 0.2) is 42.6 Å². The number of likely N-dealkylation sites (tertiary alicyclic amines) is 1. The quantitative estimate of drug-likeness (QED) is 0.813. The molecule has 2 aliphatic heterocycles. The molecule has 0 unspecified atom stereocenters. The minimum atomic E-state index is 0.00203. The van der Waals surface area contributed by atoms with Gasteiger partial charge in [0.25, 0.3) is 5.91 Å². The molecule has 0 bridgehead atoms. The SMILES string of the molecule is O=C(NCCN1CCCC1)c1ccc(-c2ccc(N3CCSCC3)nc2)cc1. The van der Waals surface area contributed by atoms with Crippen LogP contribution in [0.2, 0.25) is 0 Å². The van der Waals surface area contributed by atoms with E-state index in [9.17, 15) is 4.79 Å². The first kappa shape index (κ1) is 19.3. The van der Waals surface area contributed by atoms with Gasteiger partial charge in [-0.3, -0.25) is 4.79 Å². The molecule has 2 aliphatic rings. The standard InChI is InChI=1S/C22H28N4OS/c27-22(23-9-12-25-10-1-2-11-25)19-5-3-18(4-6-19)20-7-8-21(24-17-20)26-13-15-28-16-14-26/h3-8,17H,1-2,9-16H2,(H,23,27). The summed E-state index contributed by atoms with van der Waals surface area (Å²) in [4.78, 5) is 21.7. The molecular weight excluding hydrogens is 368 g/mol. The highest BCUT2D eigenvalue weighted by atomic mass is 32.2. The molecule has 28 heavy (non-hydrogen) atoms. The molecule has 0 aliphatic carbocycles. The van der Waals surface area contributed by atoms with Crippen molar-refractivity contribution in [3.05, 3.63) is 48.2 Å². The molecule has 3 heterocycles. The van der Waals surface area contributed by atoms with Crippen LogP contribution in [0.4, 0.5) is 5.82 Å². The van der Waals surface area contributed by atoms with Gasteiger partial charge in [0.2, 0.25) is 0 Å². The second-order valence-electron chi connectivity index (χ2n) is 7.39. The number of pyridine rings is 1. The number of thioether (sulfide) groups is 1. The fourth-order valence-corrected chi connectivity index (χ4v) is 4.69. The van der Waals surface area contributed by atoms with Gasteiger partial charge in [0.1, 0.15) is 5.82 Å². The second kappa shape index (κ2) is 9.43. The first-order valence-electron chi connectivity index (χ1n) is 10.2. The molecule has 2 saturated heterocycles. The van der Waals surface area contributed by atoms with Gasteiger partial charge in [-0.1, -0.05) is 12.1 Å². The zero-order valence-electron chi connectivity index (χ0n) is 16.3. The number of nitrogens with zero attached hydrogens (tertiary/aromatic N) is 3. The van der Waals surface area contributed by atoms with Crippen molar-refractivity contribution in [2.45, 2.75) is 12.8 Å².